The first kappa shape index (κ1) is 18.7. The van der Waals surface area contributed by atoms with Crippen LogP contribution in [0.2, 0.25) is 0 Å². The number of aliphatic carboxylic acids is 1. The first-order valence-corrected chi connectivity index (χ1v) is 6.55. The van der Waals surface area contributed by atoms with Crippen LogP contribution >= 0.6 is 0 Å². The van der Waals surface area contributed by atoms with E-state index in [1.807, 2.05) is 5.32 Å². The molecule has 0 aliphatic carbocycles. The second-order valence-electron chi connectivity index (χ2n) is 5.53. The van der Waals surface area contributed by atoms with Gasteiger partial charge in [-0.2, -0.15) is 0 Å². The van der Waals surface area contributed by atoms with Crippen LogP contribution in [-0.2, 0) is 14.3 Å². The van der Waals surface area contributed by atoms with Gasteiger partial charge in [-0.15, -0.1) is 0 Å². The molecule has 1 fully saturated rings. The molecule has 1 amide bonds. The number of carbonyl (C=O) groups is 2. The molecule has 1 heterocycles. The molecular weight excluding hydrogens is 302 g/mol. The third-order valence-electron chi connectivity index (χ3n) is 3.56. The Balaban J connectivity index is 3.37. The minimum Gasteiger partial charge on any atom is -0.479 e. The van der Waals surface area contributed by atoms with E-state index in [1.54, 1.807) is 0 Å². The van der Waals surface area contributed by atoms with Crippen molar-refractivity contribution < 1.29 is 45.0 Å². The van der Waals surface area contributed by atoms with Gasteiger partial charge in [-0.3, -0.25) is 4.79 Å². The lowest BCUT2D eigenvalue weighted by molar-refractivity contribution is -0.308. The van der Waals surface area contributed by atoms with E-state index in [-0.39, 0.29) is 0 Å². The monoisotopic (exact) mass is 323 g/mol. The summed E-state index contributed by atoms with van der Waals surface area (Å²) >= 11 is 0. The zero-order valence-corrected chi connectivity index (χ0v) is 12.1. The number of carboxylic acid groups (broad SMARTS) is 1. The lowest BCUT2D eigenvalue weighted by Gasteiger charge is -2.50. The van der Waals surface area contributed by atoms with E-state index in [2.05, 4.69) is 0 Å². The Bertz CT molecular complexity index is 440. The van der Waals surface area contributed by atoms with Crippen LogP contribution in [0.5, 0.6) is 0 Å². The average Bonchev–Trinajstić information content (AvgIpc) is 2.38. The maximum absolute atomic E-state index is 11.7. The number of rotatable bonds is 5. The highest BCUT2D eigenvalue weighted by Gasteiger charge is 2.62. The van der Waals surface area contributed by atoms with Gasteiger partial charge in [0.2, 0.25) is 5.91 Å². The lowest BCUT2D eigenvalue weighted by atomic mass is 9.76. The van der Waals surface area contributed by atoms with Crippen molar-refractivity contribution in [3.05, 3.63) is 0 Å². The van der Waals surface area contributed by atoms with Crippen LogP contribution in [0.3, 0.4) is 0 Å². The Kier molecular flexibility index (Phi) is 5.49. The number of nitrogens with one attached hydrogen (secondary N) is 1. The molecule has 1 rings (SSSR count). The van der Waals surface area contributed by atoms with Gasteiger partial charge in [0, 0.05) is 13.3 Å². The Morgan fingerprint density at radius 1 is 1.41 bits per heavy atom. The molecule has 0 radical (unpaired) electrons. The van der Waals surface area contributed by atoms with Gasteiger partial charge in [0.05, 0.1) is 12.7 Å². The summed E-state index contributed by atoms with van der Waals surface area (Å²) in [5, 5.41) is 60.0. The number of carboxylic acids is 1. The van der Waals surface area contributed by atoms with Crippen LogP contribution in [0.25, 0.3) is 0 Å². The normalized spacial score (nSPS) is 38.1. The molecule has 6 atom stereocenters. The number of aliphatic hydroxyl groups is 5. The van der Waals surface area contributed by atoms with E-state index < -0.39 is 60.6 Å². The van der Waals surface area contributed by atoms with E-state index in [1.165, 1.54) is 0 Å². The molecule has 0 saturated carbocycles. The lowest BCUT2D eigenvalue weighted by Crippen LogP contribution is -2.77. The predicted octanol–water partition coefficient (Wildman–Crippen LogP) is -3.48. The highest BCUT2D eigenvalue weighted by atomic mass is 16.6. The summed E-state index contributed by atoms with van der Waals surface area (Å²) in [6.07, 6.45) is -8.08. The largest absolute Gasteiger partial charge is 0.479 e. The Labute approximate surface area is 125 Å². The third kappa shape index (κ3) is 3.37. The standard InChI is InChI=1S/C12H21NO9/c1-5(15)13-12(10(19)20)7(17)3-11(2,21)22-9(12)8(18)6(16)4-14/h6-9,14,16-18,21H,3-4H2,1-2H3,(H,13,15)(H,19,20)/t6-,7+,8-,9+,11-,12-/m1/s1. The summed E-state index contributed by atoms with van der Waals surface area (Å²) in [4.78, 5) is 23.0. The molecule has 1 aliphatic heterocycles. The summed E-state index contributed by atoms with van der Waals surface area (Å²) in [7, 11) is 0. The first-order chi connectivity index (χ1) is 9.97. The molecule has 0 unspecified atom stereocenters. The van der Waals surface area contributed by atoms with Gasteiger partial charge < -0.3 is 40.7 Å². The van der Waals surface area contributed by atoms with Gasteiger partial charge >= 0.3 is 5.97 Å². The molecular formula is C12H21NO9. The maximum Gasteiger partial charge on any atom is 0.335 e. The second kappa shape index (κ2) is 6.44. The molecule has 10 heteroatoms. The molecule has 1 aliphatic rings. The molecule has 128 valence electrons. The minimum atomic E-state index is -2.50. The Morgan fingerprint density at radius 3 is 2.36 bits per heavy atom. The quantitative estimate of drug-likeness (QED) is 0.271. The zero-order valence-electron chi connectivity index (χ0n) is 12.1. The highest BCUT2D eigenvalue weighted by molar-refractivity contribution is 5.87. The van der Waals surface area contributed by atoms with Gasteiger partial charge in [0.1, 0.15) is 18.3 Å². The number of hydrogen-bond donors (Lipinski definition) is 7. The van der Waals surface area contributed by atoms with Crippen molar-refractivity contribution in [2.45, 2.75) is 56.0 Å². The van der Waals surface area contributed by atoms with E-state index in [0.717, 1.165) is 13.8 Å². The smallest absolute Gasteiger partial charge is 0.335 e. The molecule has 1 saturated heterocycles. The van der Waals surface area contributed by atoms with Crippen LogP contribution < -0.4 is 5.32 Å². The van der Waals surface area contributed by atoms with Crippen LogP contribution in [-0.4, -0.2) is 84.9 Å². The van der Waals surface area contributed by atoms with E-state index >= 15 is 0 Å². The van der Waals surface area contributed by atoms with Gasteiger partial charge in [-0.1, -0.05) is 0 Å². The molecule has 10 nitrogen and oxygen atoms in total. The van der Waals surface area contributed by atoms with Crippen molar-refractivity contribution in [1.82, 2.24) is 5.32 Å². The number of aliphatic hydroxyl groups excluding tert-OH is 4. The van der Waals surface area contributed by atoms with E-state index in [9.17, 15) is 35.1 Å². The van der Waals surface area contributed by atoms with Gasteiger partial charge in [-0.05, 0) is 6.92 Å². The molecule has 0 aromatic rings. The fraction of sp³-hybridized carbons (Fsp3) is 0.833. The van der Waals surface area contributed by atoms with Crippen molar-refractivity contribution in [1.29, 1.82) is 0 Å². The van der Waals surface area contributed by atoms with Gasteiger partial charge in [-0.25, -0.2) is 4.79 Å². The topological polar surface area (TPSA) is 177 Å². The van der Waals surface area contributed by atoms with Crippen molar-refractivity contribution in [3.8, 4) is 0 Å². The van der Waals surface area contributed by atoms with Crippen molar-refractivity contribution >= 4 is 11.9 Å². The molecule has 0 aromatic carbocycles. The van der Waals surface area contributed by atoms with E-state index in [4.69, 9.17) is 9.84 Å². The van der Waals surface area contributed by atoms with E-state index in [0.29, 0.717) is 0 Å². The summed E-state index contributed by atoms with van der Waals surface area (Å²) < 4.78 is 5.09. The van der Waals surface area contributed by atoms with Crippen LogP contribution in [0, 0.1) is 0 Å². The number of amides is 1. The molecule has 0 spiro atoms. The fourth-order valence-corrected chi connectivity index (χ4v) is 2.54. The first-order valence-electron chi connectivity index (χ1n) is 6.55. The predicted molar refractivity (Wildman–Crippen MR) is 69.4 cm³/mol. The van der Waals surface area contributed by atoms with Crippen molar-refractivity contribution in [2.24, 2.45) is 0 Å². The Morgan fingerprint density at radius 2 is 1.95 bits per heavy atom. The average molecular weight is 323 g/mol. The van der Waals surface area contributed by atoms with Crippen LogP contribution in [0.4, 0.5) is 0 Å². The van der Waals surface area contributed by atoms with Crippen molar-refractivity contribution in [3.63, 3.8) is 0 Å². The molecule has 0 aromatic heterocycles. The molecule has 7 N–H and O–H groups in total. The number of hydrogen-bond acceptors (Lipinski definition) is 8. The summed E-state index contributed by atoms with van der Waals surface area (Å²) in [6, 6.07) is 0. The zero-order chi connectivity index (χ0) is 17.3. The van der Waals surface area contributed by atoms with Gasteiger partial charge in [0.15, 0.2) is 11.3 Å². The maximum atomic E-state index is 11.7. The number of carbonyl (C=O) groups excluding carboxylic acids is 1. The number of ether oxygens (including phenoxy) is 1. The van der Waals surface area contributed by atoms with Crippen LogP contribution in [0.1, 0.15) is 20.3 Å². The minimum absolute atomic E-state index is 0.558. The summed E-state index contributed by atoms with van der Waals surface area (Å²) in [6.45, 7) is 1.20. The third-order valence-corrected chi connectivity index (χ3v) is 3.56. The van der Waals surface area contributed by atoms with Crippen LogP contribution in [0.15, 0.2) is 0 Å². The highest BCUT2D eigenvalue weighted by Crippen LogP contribution is 2.37. The summed E-state index contributed by atoms with van der Waals surface area (Å²) in [5.74, 6) is -4.56. The fourth-order valence-electron chi connectivity index (χ4n) is 2.54. The second-order valence-corrected chi connectivity index (χ2v) is 5.53. The molecule has 0 bridgehead atoms. The Hall–Kier alpha value is -1.30. The van der Waals surface area contributed by atoms with Crippen molar-refractivity contribution in [2.75, 3.05) is 6.61 Å². The molecule has 22 heavy (non-hydrogen) atoms. The summed E-state index contributed by atoms with van der Waals surface area (Å²) in [5.41, 5.74) is -2.50. The van der Waals surface area contributed by atoms with Gasteiger partial charge in [0.25, 0.3) is 0 Å². The SMILES string of the molecule is CC(=O)N[C@]1(C(=O)O)[C@@H](O)C[C@](C)(O)O[C@H]1[C@H](O)[C@H](O)CO.